The molecule has 1 N–H and O–H groups in total. The number of hydrogen-bond acceptors (Lipinski definition) is 6. The summed E-state index contributed by atoms with van der Waals surface area (Å²) in [6, 6.07) is 4.37. The molecule has 6 nitrogen and oxygen atoms in total. The lowest BCUT2D eigenvalue weighted by atomic mass is 10.2. The van der Waals surface area contributed by atoms with Crippen LogP contribution in [0.5, 0.6) is 5.75 Å². The second kappa shape index (κ2) is 5.75. The zero-order valence-electron chi connectivity index (χ0n) is 13.2. The number of benzene rings is 1. The van der Waals surface area contributed by atoms with Crippen molar-refractivity contribution in [3.63, 3.8) is 0 Å². The van der Waals surface area contributed by atoms with Crippen LogP contribution in [0, 0.1) is 6.92 Å². The molecule has 1 aromatic carbocycles. The van der Waals surface area contributed by atoms with Crippen molar-refractivity contribution in [2.45, 2.75) is 42.0 Å². The Morgan fingerprint density at radius 1 is 1.22 bits per heavy atom. The van der Waals surface area contributed by atoms with Gasteiger partial charge in [-0.15, -0.1) is 0 Å². The first kappa shape index (κ1) is 16.7. The van der Waals surface area contributed by atoms with Gasteiger partial charge in [0, 0.05) is 12.1 Å². The zero-order valence-corrected chi connectivity index (χ0v) is 14.8. The second-order valence-electron chi connectivity index (χ2n) is 6.34. The molecule has 2 unspecified atom stereocenters. The van der Waals surface area contributed by atoms with Crippen molar-refractivity contribution in [1.29, 1.82) is 0 Å². The number of methoxy groups -OCH3 is 1. The number of aryl methyl sites for hydroxylation is 1. The van der Waals surface area contributed by atoms with Crippen LogP contribution in [0.4, 0.5) is 0 Å². The molecule has 2 atom stereocenters. The molecule has 3 rings (SSSR count). The van der Waals surface area contributed by atoms with Crippen LogP contribution in [0.15, 0.2) is 23.1 Å². The van der Waals surface area contributed by atoms with Gasteiger partial charge in [-0.2, -0.15) is 0 Å². The summed E-state index contributed by atoms with van der Waals surface area (Å²) in [4.78, 5) is 0.153. The molecule has 1 saturated heterocycles. The Bertz CT molecular complexity index is 812. The fraction of sp³-hybridized carbons (Fsp3) is 0.600. The smallest absolute Gasteiger partial charge is 0.183 e. The molecule has 128 valence electrons. The Labute approximate surface area is 137 Å². The van der Waals surface area contributed by atoms with Crippen molar-refractivity contribution >= 4 is 19.7 Å². The van der Waals surface area contributed by atoms with E-state index in [-0.39, 0.29) is 22.4 Å². The van der Waals surface area contributed by atoms with Crippen molar-refractivity contribution < 1.29 is 21.6 Å². The summed E-state index contributed by atoms with van der Waals surface area (Å²) in [5.74, 6) is 0.184. The van der Waals surface area contributed by atoms with Gasteiger partial charge in [0.1, 0.15) is 5.75 Å². The predicted octanol–water partition coefficient (Wildman–Crippen LogP) is 0.695. The SMILES string of the molecule is COc1ccc(S(=O)(=O)C2CS(=O)(=O)CC2NC2CC2)cc1C. The van der Waals surface area contributed by atoms with Crippen LogP contribution in [0.25, 0.3) is 0 Å². The molecule has 0 radical (unpaired) electrons. The number of rotatable bonds is 5. The summed E-state index contributed by atoms with van der Waals surface area (Å²) in [6.45, 7) is 1.77. The van der Waals surface area contributed by atoms with Gasteiger partial charge in [-0.1, -0.05) is 0 Å². The van der Waals surface area contributed by atoms with E-state index in [2.05, 4.69) is 5.32 Å². The maximum absolute atomic E-state index is 12.9. The Hall–Kier alpha value is -1.12. The highest BCUT2D eigenvalue weighted by Crippen LogP contribution is 2.31. The lowest BCUT2D eigenvalue weighted by Crippen LogP contribution is -2.44. The van der Waals surface area contributed by atoms with E-state index in [0.717, 1.165) is 12.8 Å². The van der Waals surface area contributed by atoms with Gasteiger partial charge in [-0.25, -0.2) is 16.8 Å². The first-order valence-corrected chi connectivity index (χ1v) is 10.9. The minimum absolute atomic E-state index is 0.109. The molecule has 2 fully saturated rings. The standard InChI is InChI=1S/C15H21NO5S2/c1-10-7-12(5-6-14(10)21-2)23(19,20)15-9-22(17,18)8-13(15)16-11-3-4-11/h5-7,11,13,15-16H,3-4,8-9H2,1-2H3. The van der Waals surface area contributed by atoms with Gasteiger partial charge in [-0.05, 0) is 43.5 Å². The number of hydrogen-bond donors (Lipinski definition) is 1. The van der Waals surface area contributed by atoms with Crippen LogP contribution in [-0.4, -0.2) is 52.8 Å². The van der Waals surface area contributed by atoms with Crippen LogP contribution < -0.4 is 10.1 Å². The Morgan fingerprint density at radius 3 is 2.48 bits per heavy atom. The van der Waals surface area contributed by atoms with E-state index in [1.54, 1.807) is 19.1 Å². The summed E-state index contributed by atoms with van der Waals surface area (Å²) in [7, 11) is -5.54. The molecular formula is C15H21NO5S2. The van der Waals surface area contributed by atoms with E-state index < -0.39 is 31.0 Å². The van der Waals surface area contributed by atoms with Gasteiger partial charge in [-0.3, -0.25) is 0 Å². The number of sulfone groups is 2. The zero-order chi connectivity index (χ0) is 16.8. The molecule has 23 heavy (non-hydrogen) atoms. The Morgan fingerprint density at radius 2 is 1.91 bits per heavy atom. The van der Waals surface area contributed by atoms with Crippen molar-refractivity contribution in [3.8, 4) is 5.75 Å². The fourth-order valence-corrected chi connectivity index (χ4v) is 7.79. The third kappa shape index (κ3) is 3.39. The van der Waals surface area contributed by atoms with E-state index >= 15 is 0 Å². The fourth-order valence-electron chi connectivity index (χ4n) is 3.03. The van der Waals surface area contributed by atoms with E-state index in [0.29, 0.717) is 11.3 Å². The normalized spacial score (nSPS) is 27.0. The number of nitrogens with one attached hydrogen (secondary N) is 1. The third-order valence-electron chi connectivity index (χ3n) is 4.42. The molecule has 1 heterocycles. The summed E-state index contributed by atoms with van der Waals surface area (Å²) in [5, 5.41) is 2.26. The number of ether oxygens (including phenoxy) is 1. The Kier molecular flexibility index (Phi) is 4.18. The van der Waals surface area contributed by atoms with Crippen LogP contribution in [0.1, 0.15) is 18.4 Å². The average Bonchev–Trinajstić information content (AvgIpc) is 3.21. The van der Waals surface area contributed by atoms with Crippen LogP contribution >= 0.6 is 0 Å². The summed E-state index contributed by atoms with van der Waals surface area (Å²) in [5.41, 5.74) is 0.709. The van der Waals surface area contributed by atoms with E-state index in [9.17, 15) is 16.8 Å². The highest BCUT2D eigenvalue weighted by Gasteiger charge is 2.47. The van der Waals surface area contributed by atoms with Crippen LogP contribution in [0.2, 0.25) is 0 Å². The van der Waals surface area contributed by atoms with Gasteiger partial charge < -0.3 is 10.1 Å². The minimum Gasteiger partial charge on any atom is -0.496 e. The first-order chi connectivity index (χ1) is 10.7. The summed E-state index contributed by atoms with van der Waals surface area (Å²) < 4.78 is 55.0. The highest BCUT2D eigenvalue weighted by atomic mass is 32.2. The van der Waals surface area contributed by atoms with Gasteiger partial charge in [0.15, 0.2) is 19.7 Å². The van der Waals surface area contributed by atoms with E-state index in [4.69, 9.17) is 4.74 Å². The molecule has 1 saturated carbocycles. The molecule has 8 heteroatoms. The van der Waals surface area contributed by atoms with Gasteiger partial charge in [0.2, 0.25) is 0 Å². The van der Waals surface area contributed by atoms with Crippen molar-refractivity contribution in [2.24, 2.45) is 0 Å². The molecule has 0 bridgehead atoms. The molecule has 0 amide bonds. The highest BCUT2D eigenvalue weighted by molar-refractivity contribution is 7.96. The Balaban J connectivity index is 1.94. The lowest BCUT2D eigenvalue weighted by molar-refractivity contribution is 0.411. The minimum atomic E-state index is -3.72. The summed E-state index contributed by atoms with van der Waals surface area (Å²) >= 11 is 0. The maximum Gasteiger partial charge on any atom is 0.183 e. The monoisotopic (exact) mass is 359 g/mol. The second-order valence-corrected chi connectivity index (χ2v) is 10.7. The van der Waals surface area contributed by atoms with Gasteiger partial charge >= 0.3 is 0 Å². The van der Waals surface area contributed by atoms with Crippen molar-refractivity contribution in [3.05, 3.63) is 23.8 Å². The largest absolute Gasteiger partial charge is 0.496 e. The lowest BCUT2D eigenvalue weighted by Gasteiger charge is -2.20. The van der Waals surface area contributed by atoms with Gasteiger partial charge in [0.25, 0.3) is 0 Å². The molecule has 1 aliphatic heterocycles. The molecule has 2 aliphatic rings. The first-order valence-electron chi connectivity index (χ1n) is 7.58. The topological polar surface area (TPSA) is 89.5 Å². The molecular weight excluding hydrogens is 338 g/mol. The molecule has 0 aromatic heterocycles. The average molecular weight is 359 g/mol. The van der Waals surface area contributed by atoms with Crippen LogP contribution in [-0.2, 0) is 19.7 Å². The van der Waals surface area contributed by atoms with E-state index in [1.807, 2.05) is 0 Å². The molecule has 1 aromatic rings. The van der Waals surface area contributed by atoms with Gasteiger partial charge in [0.05, 0.1) is 28.8 Å². The third-order valence-corrected chi connectivity index (χ3v) is 8.57. The van der Waals surface area contributed by atoms with Crippen molar-refractivity contribution in [2.75, 3.05) is 18.6 Å². The molecule has 0 spiro atoms. The molecule has 1 aliphatic carbocycles. The predicted molar refractivity (Wildman–Crippen MR) is 87.3 cm³/mol. The van der Waals surface area contributed by atoms with Crippen molar-refractivity contribution in [1.82, 2.24) is 5.32 Å². The van der Waals surface area contributed by atoms with Crippen LogP contribution in [0.3, 0.4) is 0 Å². The summed E-state index contributed by atoms with van der Waals surface area (Å²) in [6.07, 6.45) is 1.95. The van der Waals surface area contributed by atoms with E-state index in [1.165, 1.54) is 13.2 Å². The maximum atomic E-state index is 12.9. The quantitative estimate of drug-likeness (QED) is 0.832.